The Labute approximate surface area is 133 Å². The van der Waals surface area contributed by atoms with Crippen LogP contribution in [0.25, 0.3) is 22.3 Å². The topological polar surface area (TPSA) is 130 Å². The smallest absolute Gasteiger partial charge is 0.238 e. The molecule has 2 heterocycles. The molecule has 0 spiro atoms. The van der Waals surface area contributed by atoms with Crippen LogP contribution in [0.2, 0.25) is 0 Å². The molecule has 2 aromatic carbocycles. The summed E-state index contributed by atoms with van der Waals surface area (Å²) >= 11 is 0. The summed E-state index contributed by atoms with van der Waals surface area (Å²) in [6.45, 7) is -0.113. The number of benzene rings is 2. The Balaban J connectivity index is 2.05. The molecule has 0 amide bonds. The van der Waals surface area contributed by atoms with Crippen LogP contribution in [-0.4, -0.2) is 27.2 Å². The van der Waals surface area contributed by atoms with E-state index in [1.807, 2.05) is 0 Å². The molecule has 122 valence electrons. The van der Waals surface area contributed by atoms with Crippen molar-refractivity contribution in [3.8, 4) is 45.8 Å². The molecule has 0 saturated carbocycles. The third kappa shape index (κ3) is 1.83. The van der Waals surface area contributed by atoms with Crippen molar-refractivity contribution < 1.29 is 34.3 Å². The lowest BCUT2D eigenvalue weighted by molar-refractivity contribution is 0.171. The maximum Gasteiger partial charge on any atom is 0.238 e. The number of phenolic OH excluding ortho intramolecular Hbond substituents is 3. The second-order valence-corrected chi connectivity index (χ2v) is 5.14. The second-order valence-electron chi connectivity index (χ2n) is 5.14. The van der Waals surface area contributed by atoms with Gasteiger partial charge in [-0.1, -0.05) is 0 Å². The summed E-state index contributed by atoms with van der Waals surface area (Å²) in [7, 11) is 0. The zero-order valence-corrected chi connectivity index (χ0v) is 11.9. The summed E-state index contributed by atoms with van der Waals surface area (Å²) in [6, 6.07) is 5.03. The first-order valence-corrected chi connectivity index (χ1v) is 6.81. The fourth-order valence-corrected chi connectivity index (χ4v) is 2.54. The van der Waals surface area contributed by atoms with E-state index >= 15 is 0 Å². The first-order valence-electron chi connectivity index (χ1n) is 6.81. The van der Waals surface area contributed by atoms with Crippen molar-refractivity contribution >= 4 is 11.0 Å². The van der Waals surface area contributed by atoms with Gasteiger partial charge in [-0.3, -0.25) is 4.79 Å². The number of ether oxygens (including phenoxy) is 2. The minimum atomic E-state index is -0.866. The molecule has 4 rings (SSSR count). The van der Waals surface area contributed by atoms with Crippen molar-refractivity contribution in [3.63, 3.8) is 0 Å². The zero-order valence-electron chi connectivity index (χ0n) is 11.9. The number of rotatable bonds is 1. The molecule has 1 aliphatic rings. The number of hydrogen-bond donors (Lipinski definition) is 4. The predicted molar refractivity (Wildman–Crippen MR) is 80.7 cm³/mol. The van der Waals surface area contributed by atoms with Gasteiger partial charge in [0.15, 0.2) is 28.8 Å². The molecule has 0 fully saturated rings. The van der Waals surface area contributed by atoms with Crippen LogP contribution in [0.15, 0.2) is 33.5 Å². The minimum Gasteiger partial charge on any atom is -0.504 e. The summed E-state index contributed by atoms with van der Waals surface area (Å²) in [5.41, 5.74) is -0.726. The number of fused-ring (bicyclic) bond motifs is 2. The van der Waals surface area contributed by atoms with Gasteiger partial charge in [-0.25, -0.2) is 0 Å². The molecule has 4 N–H and O–H groups in total. The van der Waals surface area contributed by atoms with Crippen LogP contribution < -0.4 is 14.9 Å². The lowest BCUT2D eigenvalue weighted by Gasteiger charge is -2.09. The van der Waals surface area contributed by atoms with Gasteiger partial charge in [0.1, 0.15) is 11.0 Å². The molecule has 3 aromatic rings. The average Bonchev–Trinajstić information content (AvgIpc) is 3.02. The van der Waals surface area contributed by atoms with Crippen LogP contribution in [0, 0.1) is 0 Å². The van der Waals surface area contributed by atoms with Gasteiger partial charge in [0, 0.05) is 11.6 Å². The summed E-state index contributed by atoms with van der Waals surface area (Å²) in [5.74, 6) is -2.05. The Morgan fingerprint density at radius 3 is 2.46 bits per heavy atom. The molecular formula is C16H10O8. The van der Waals surface area contributed by atoms with Crippen LogP contribution in [-0.2, 0) is 0 Å². The summed E-state index contributed by atoms with van der Waals surface area (Å²) in [5, 5.41) is 39.0. The van der Waals surface area contributed by atoms with E-state index in [2.05, 4.69) is 0 Å². The highest BCUT2D eigenvalue weighted by atomic mass is 16.7. The van der Waals surface area contributed by atoms with Crippen molar-refractivity contribution in [2.24, 2.45) is 0 Å². The molecule has 0 radical (unpaired) electrons. The predicted octanol–water partition coefficient (Wildman–Crippen LogP) is 2.01. The Hall–Kier alpha value is -3.55. The van der Waals surface area contributed by atoms with Gasteiger partial charge in [0.2, 0.25) is 23.7 Å². The number of phenols is 3. The third-order valence-electron chi connectivity index (χ3n) is 3.71. The first kappa shape index (κ1) is 14.1. The van der Waals surface area contributed by atoms with Crippen LogP contribution in [0.4, 0.5) is 0 Å². The quantitative estimate of drug-likeness (QED) is 0.499. The fourth-order valence-electron chi connectivity index (χ4n) is 2.54. The van der Waals surface area contributed by atoms with Gasteiger partial charge >= 0.3 is 0 Å². The maximum atomic E-state index is 12.4. The lowest BCUT2D eigenvalue weighted by atomic mass is 10.1. The molecule has 0 atom stereocenters. The molecule has 1 aromatic heterocycles. The summed E-state index contributed by atoms with van der Waals surface area (Å²) < 4.78 is 15.8. The maximum absolute atomic E-state index is 12.4. The van der Waals surface area contributed by atoms with Gasteiger partial charge in [0.05, 0.1) is 0 Å². The molecule has 0 unspecified atom stereocenters. The Morgan fingerprint density at radius 1 is 0.917 bits per heavy atom. The monoisotopic (exact) mass is 330 g/mol. The molecule has 0 bridgehead atoms. The van der Waals surface area contributed by atoms with Gasteiger partial charge in [-0.2, -0.15) is 0 Å². The zero-order chi connectivity index (χ0) is 17.0. The number of aromatic hydroxyl groups is 4. The Kier molecular flexibility index (Phi) is 2.77. The highest BCUT2D eigenvalue weighted by molar-refractivity contribution is 5.91. The van der Waals surface area contributed by atoms with Crippen LogP contribution >= 0.6 is 0 Å². The van der Waals surface area contributed by atoms with E-state index < -0.39 is 22.7 Å². The average molecular weight is 330 g/mol. The Bertz CT molecular complexity index is 1050. The van der Waals surface area contributed by atoms with Crippen LogP contribution in [0.5, 0.6) is 34.5 Å². The molecule has 0 saturated heterocycles. The standard InChI is InChI=1S/C16H10O8/c17-7-2-1-6(3-8(7)18)15-14(21)12(19)11-9(24-15)4-10-16(13(11)20)23-5-22-10/h1-4,17-18,20-21H,5H2. The fraction of sp³-hybridized carbons (Fsp3) is 0.0625. The SMILES string of the molecule is O=c1c(O)c(-c2ccc(O)c(O)c2)oc2cc3c(c(O)c12)OCO3. The minimum absolute atomic E-state index is 0.00391. The van der Waals surface area contributed by atoms with Gasteiger partial charge in [-0.15, -0.1) is 0 Å². The van der Waals surface area contributed by atoms with E-state index in [0.29, 0.717) is 0 Å². The van der Waals surface area contributed by atoms with Gasteiger partial charge in [-0.05, 0) is 18.2 Å². The van der Waals surface area contributed by atoms with Crippen molar-refractivity contribution in [2.45, 2.75) is 0 Å². The summed E-state index contributed by atoms with van der Waals surface area (Å²) in [6.07, 6.45) is 0. The van der Waals surface area contributed by atoms with E-state index in [9.17, 15) is 25.2 Å². The van der Waals surface area contributed by atoms with E-state index in [1.54, 1.807) is 0 Å². The highest BCUT2D eigenvalue weighted by Crippen LogP contribution is 2.46. The van der Waals surface area contributed by atoms with Crippen molar-refractivity contribution in [3.05, 3.63) is 34.5 Å². The van der Waals surface area contributed by atoms with E-state index in [1.165, 1.54) is 18.2 Å². The highest BCUT2D eigenvalue weighted by Gasteiger charge is 2.26. The lowest BCUT2D eigenvalue weighted by Crippen LogP contribution is -2.03. The first-order chi connectivity index (χ1) is 11.5. The molecule has 1 aliphatic heterocycles. The summed E-state index contributed by atoms with van der Waals surface area (Å²) in [4.78, 5) is 12.4. The largest absolute Gasteiger partial charge is 0.504 e. The molecule has 24 heavy (non-hydrogen) atoms. The van der Waals surface area contributed by atoms with E-state index in [4.69, 9.17) is 13.9 Å². The molecule has 0 aliphatic carbocycles. The molecular weight excluding hydrogens is 320 g/mol. The second kappa shape index (κ2) is 4.72. The van der Waals surface area contributed by atoms with E-state index in [-0.39, 0.29) is 46.3 Å². The van der Waals surface area contributed by atoms with Crippen LogP contribution in [0.1, 0.15) is 0 Å². The molecule has 8 nitrogen and oxygen atoms in total. The normalized spacial score (nSPS) is 12.7. The van der Waals surface area contributed by atoms with Gasteiger partial charge < -0.3 is 34.3 Å². The van der Waals surface area contributed by atoms with Crippen molar-refractivity contribution in [1.82, 2.24) is 0 Å². The van der Waals surface area contributed by atoms with E-state index in [0.717, 1.165) is 6.07 Å². The van der Waals surface area contributed by atoms with Gasteiger partial charge in [0.25, 0.3) is 0 Å². The molecule has 8 heteroatoms. The van der Waals surface area contributed by atoms with Crippen molar-refractivity contribution in [2.75, 3.05) is 6.79 Å². The van der Waals surface area contributed by atoms with Crippen molar-refractivity contribution in [1.29, 1.82) is 0 Å². The van der Waals surface area contributed by atoms with Crippen LogP contribution in [0.3, 0.4) is 0 Å². The number of hydrogen-bond acceptors (Lipinski definition) is 8. The Morgan fingerprint density at radius 2 is 1.71 bits per heavy atom. The third-order valence-corrected chi connectivity index (χ3v) is 3.71.